The molecule has 1 aromatic rings. The summed E-state index contributed by atoms with van der Waals surface area (Å²) < 4.78 is 3.02. The Morgan fingerprint density at radius 1 is 1.75 bits per heavy atom. The van der Waals surface area contributed by atoms with Crippen LogP contribution in [0.25, 0.3) is 0 Å². The first-order chi connectivity index (χ1) is 5.69. The first kappa shape index (κ1) is 9.57. The van der Waals surface area contributed by atoms with Crippen LogP contribution < -0.4 is 5.32 Å². The molecule has 1 N–H and O–H groups in total. The van der Waals surface area contributed by atoms with Crippen molar-refractivity contribution >= 4 is 28.5 Å². The van der Waals surface area contributed by atoms with Crippen LogP contribution in [0.4, 0.5) is 0 Å². The Balaban J connectivity index is 3.04. The first-order valence-electron chi connectivity index (χ1n) is 3.76. The summed E-state index contributed by atoms with van der Waals surface area (Å²) in [6, 6.07) is 1.88. The third-order valence-corrected chi connectivity index (χ3v) is 2.25. The van der Waals surface area contributed by atoms with Crippen LogP contribution in [0, 0.1) is 3.57 Å². The average molecular weight is 278 g/mol. The fourth-order valence-corrected chi connectivity index (χ4v) is 1.69. The minimum absolute atomic E-state index is 0.0280. The molecule has 4 heteroatoms. The van der Waals surface area contributed by atoms with Gasteiger partial charge in [-0.15, -0.1) is 0 Å². The summed E-state index contributed by atoms with van der Waals surface area (Å²) in [5, 5.41) is 2.61. The SMILES string of the molecule is CCn1cc(I)cc1C(=O)NC. The van der Waals surface area contributed by atoms with Gasteiger partial charge in [0.1, 0.15) is 5.69 Å². The van der Waals surface area contributed by atoms with Crippen LogP contribution in [0.15, 0.2) is 12.3 Å². The maximum absolute atomic E-state index is 11.3. The molecule has 0 saturated carbocycles. The van der Waals surface area contributed by atoms with Crippen molar-refractivity contribution in [2.24, 2.45) is 0 Å². The van der Waals surface area contributed by atoms with Crippen LogP contribution in [0.1, 0.15) is 17.4 Å². The van der Waals surface area contributed by atoms with Gasteiger partial charge >= 0.3 is 0 Å². The number of hydrogen-bond acceptors (Lipinski definition) is 1. The highest BCUT2D eigenvalue weighted by Crippen LogP contribution is 2.10. The third-order valence-electron chi connectivity index (χ3n) is 1.66. The molecule has 0 aliphatic rings. The molecule has 3 nitrogen and oxygen atoms in total. The Morgan fingerprint density at radius 3 is 2.92 bits per heavy atom. The molecule has 0 spiro atoms. The maximum atomic E-state index is 11.3. The number of aromatic nitrogens is 1. The molecule has 0 saturated heterocycles. The lowest BCUT2D eigenvalue weighted by atomic mass is 10.4. The smallest absolute Gasteiger partial charge is 0.267 e. The van der Waals surface area contributed by atoms with Gasteiger partial charge in [-0.25, -0.2) is 0 Å². The summed E-state index contributed by atoms with van der Waals surface area (Å²) in [6.07, 6.45) is 1.96. The van der Waals surface area contributed by atoms with Crippen molar-refractivity contribution in [2.75, 3.05) is 7.05 Å². The summed E-state index contributed by atoms with van der Waals surface area (Å²) >= 11 is 2.20. The molecule has 1 aromatic heterocycles. The standard InChI is InChI=1S/C8H11IN2O/c1-3-11-5-6(9)4-7(11)8(12)10-2/h4-5H,3H2,1-2H3,(H,10,12). The summed E-state index contributed by atoms with van der Waals surface area (Å²) in [4.78, 5) is 11.3. The van der Waals surface area contributed by atoms with Crippen molar-refractivity contribution in [3.8, 4) is 0 Å². The number of nitrogens with one attached hydrogen (secondary N) is 1. The minimum atomic E-state index is -0.0280. The molecule has 0 aliphatic heterocycles. The van der Waals surface area contributed by atoms with Gasteiger partial charge in [-0.3, -0.25) is 4.79 Å². The minimum Gasteiger partial charge on any atom is -0.354 e. The Kier molecular flexibility index (Phi) is 3.13. The number of hydrogen-bond donors (Lipinski definition) is 1. The van der Waals surface area contributed by atoms with E-state index >= 15 is 0 Å². The predicted molar refractivity (Wildman–Crippen MR) is 56.2 cm³/mol. The van der Waals surface area contributed by atoms with Crippen LogP contribution in [0.2, 0.25) is 0 Å². The number of carbonyl (C=O) groups is 1. The van der Waals surface area contributed by atoms with Crippen LogP contribution in [-0.2, 0) is 6.54 Å². The Bertz CT molecular complexity index is 293. The highest BCUT2D eigenvalue weighted by Gasteiger charge is 2.09. The Labute approximate surface area is 85.3 Å². The summed E-state index contributed by atoms with van der Waals surface area (Å²) in [5.41, 5.74) is 0.726. The van der Waals surface area contributed by atoms with Crippen LogP contribution >= 0.6 is 22.6 Å². The van der Waals surface area contributed by atoms with E-state index in [1.165, 1.54) is 0 Å². The van der Waals surface area contributed by atoms with Crippen LogP contribution in [0.3, 0.4) is 0 Å². The molecule has 1 heterocycles. The van der Waals surface area contributed by atoms with E-state index in [9.17, 15) is 4.79 Å². The van der Waals surface area contributed by atoms with E-state index in [1.807, 2.05) is 23.8 Å². The zero-order valence-corrected chi connectivity index (χ0v) is 9.25. The van der Waals surface area contributed by atoms with Crippen molar-refractivity contribution in [2.45, 2.75) is 13.5 Å². The molecule has 0 aliphatic carbocycles. The number of amides is 1. The Hall–Kier alpha value is -0.520. The molecular formula is C8H11IN2O. The normalized spacial score (nSPS) is 9.92. The lowest BCUT2D eigenvalue weighted by Gasteiger charge is -2.03. The molecule has 66 valence electrons. The monoisotopic (exact) mass is 278 g/mol. The molecule has 1 amide bonds. The average Bonchev–Trinajstić information content (AvgIpc) is 2.45. The highest BCUT2D eigenvalue weighted by molar-refractivity contribution is 14.1. The molecule has 0 unspecified atom stereocenters. The van der Waals surface area contributed by atoms with E-state index < -0.39 is 0 Å². The van der Waals surface area contributed by atoms with E-state index in [4.69, 9.17) is 0 Å². The van der Waals surface area contributed by atoms with Gasteiger partial charge in [0, 0.05) is 23.4 Å². The van der Waals surface area contributed by atoms with Crippen molar-refractivity contribution in [1.29, 1.82) is 0 Å². The fourth-order valence-electron chi connectivity index (χ4n) is 1.05. The molecule has 0 radical (unpaired) electrons. The Morgan fingerprint density at radius 2 is 2.42 bits per heavy atom. The van der Waals surface area contributed by atoms with Gasteiger partial charge in [-0.1, -0.05) is 0 Å². The topological polar surface area (TPSA) is 34.0 Å². The summed E-state index contributed by atoms with van der Waals surface area (Å²) in [7, 11) is 1.64. The quantitative estimate of drug-likeness (QED) is 0.817. The van der Waals surface area contributed by atoms with Crippen LogP contribution in [0.5, 0.6) is 0 Å². The summed E-state index contributed by atoms with van der Waals surface area (Å²) in [6.45, 7) is 2.84. The fraction of sp³-hybridized carbons (Fsp3) is 0.375. The van der Waals surface area contributed by atoms with Gasteiger partial charge in [-0.2, -0.15) is 0 Å². The summed E-state index contributed by atoms with van der Waals surface area (Å²) in [5.74, 6) is -0.0280. The van der Waals surface area contributed by atoms with Crippen molar-refractivity contribution in [1.82, 2.24) is 9.88 Å². The maximum Gasteiger partial charge on any atom is 0.267 e. The van der Waals surface area contributed by atoms with E-state index in [0.29, 0.717) is 0 Å². The van der Waals surface area contributed by atoms with Crippen molar-refractivity contribution in [3.05, 3.63) is 21.5 Å². The van der Waals surface area contributed by atoms with E-state index in [-0.39, 0.29) is 5.91 Å². The molecule has 0 fully saturated rings. The zero-order valence-electron chi connectivity index (χ0n) is 7.10. The largest absolute Gasteiger partial charge is 0.354 e. The second-order valence-corrected chi connectivity index (χ2v) is 3.65. The van der Waals surface area contributed by atoms with Gasteiger partial charge in [0.15, 0.2) is 0 Å². The first-order valence-corrected chi connectivity index (χ1v) is 4.84. The lowest BCUT2D eigenvalue weighted by molar-refractivity contribution is 0.0954. The van der Waals surface area contributed by atoms with Gasteiger partial charge in [0.2, 0.25) is 0 Å². The molecule has 0 atom stereocenters. The van der Waals surface area contributed by atoms with E-state index in [1.54, 1.807) is 7.05 Å². The van der Waals surface area contributed by atoms with Gasteiger partial charge < -0.3 is 9.88 Å². The highest BCUT2D eigenvalue weighted by atomic mass is 127. The second kappa shape index (κ2) is 3.93. The predicted octanol–water partition coefficient (Wildman–Crippen LogP) is 1.47. The van der Waals surface area contributed by atoms with Crippen LogP contribution in [-0.4, -0.2) is 17.5 Å². The van der Waals surface area contributed by atoms with Gasteiger partial charge in [-0.05, 0) is 35.6 Å². The second-order valence-electron chi connectivity index (χ2n) is 2.41. The molecule has 0 bridgehead atoms. The molecule has 0 aromatic carbocycles. The third kappa shape index (κ3) is 1.80. The number of aryl methyl sites for hydroxylation is 1. The van der Waals surface area contributed by atoms with E-state index in [0.717, 1.165) is 15.8 Å². The molecule has 1 rings (SSSR count). The zero-order chi connectivity index (χ0) is 9.14. The molecular weight excluding hydrogens is 267 g/mol. The van der Waals surface area contributed by atoms with Crippen molar-refractivity contribution in [3.63, 3.8) is 0 Å². The van der Waals surface area contributed by atoms with Crippen molar-refractivity contribution < 1.29 is 4.79 Å². The van der Waals surface area contributed by atoms with Gasteiger partial charge in [0.25, 0.3) is 5.91 Å². The van der Waals surface area contributed by atoms with Gasteiger partial charge in [0.05, 0.1) is 0 Å². The number of nitrogens with zero attached hydrogens (tertiary/aromatic N) is 1. The lowest BCUT2D eigenvalue weighted by Crippen LogP contribution is -2.21. The number of rotatable bonds is 2. The molecule has 12 heavy (non-hydrogen) atoms. The van der Waals surface area contributed by atoms with E-state index in [2.05, 4.69) is 27.9 Å². The number of carbonyl (C=O) groups excluding carboxylic acids is 1. The number of halogens is 1.